The number of benzene rings is 2. The monoisotopic (exact) mass is 457 g/mol. The molecule has 4 heterocycles. The fourth-order valence-corrected chi connectivity index (χ4v) is 4.97. The quantitative estimate of drug-likeness (QED) is 0.422. The van der Waals surface area contributed by atoms with Crippen LogP contribution in [0.2, 0.25) is 0 Å². The topological polar surface area (TPSA) is 109 Å². The van der Waals surface area contributed by atoms with Gasteiger partial charge in [0.05, 0.1) is 18.7 Å². The van der Waals surface area contributed by atoms with Crippen LogP contribution < -0.4 is 5.32 Å². The number of rotatable bonds is 4. The number of morpholine rings is 1. The zero-order valence-corrected chi connectivity index (χ0v) is 18.3. The Labute approximate surface area is 192 Å². The molecule has 1 aliphatic heterocycles. The first-order chi connectivity index (χ1) is 16.3. The van der Waals surface area contributed by atoms with Crippen LogP contribution in [-0.2, 0) is 4.74 Å². The Kier molecular flexibility index (Phi) is 4.93. The van der Waals surface area contributed by atoms with Crippen molar-refractivity contribution in [3.63, 3.8) is 0 Å². The Morgan fingerprint density at radius 1 is 1.09 bits per heavy atom. The number of nitrogens with zero attached hydrogens (tertiary/aromatic N) is 5. The Balaban J connectivity index is 1.37. The third kappa shape index (κ3) is 3.69. The van der Waals surface area contributed by atoms with Crippen LogP contribution in [0, 0.1) is 0 Å². The Bertz CT molecular complexity index is 1460. The molecule has 10 heteroatoms. The second-order valence-electron chi connectivity index (χ2n) is 7.72. The van der Waals surface area contributed by atoms with E-state index in [0.29, 0.717) is 37.7 Å². The van der Waals surface area contributed by atoms with Gasteiger partial charge in [0.25, 0.3) is 5.91 Å². The molecule has 1 amide bonds. The van der Waals surface area contributed by atoms with Gasteiger partial charge in [0.2, 0.25) is 0 Å². The molecule has 6 rings (SSSR count). The number of aromatic nitrogens is 5. The SMILES string of the molecule is O=C(c1cccc(Nc2nc3cc(-c4nnn[nH]4)ccc3c3sccc23)c1)N1CCOCC1. The van der Waals surface area contributed by atoms with Gasteiger partial charge in [0.1, 0.15) is 5.82 Å². The van der Waals surface area contributed by atoms with Crippen LogP contribution in [0.15, 0.2) is 53.9 Å². The van der Waals surface area contributed by atoms with Crippen molar-refractivity contribution < 1.29 is 9.53 Å². The van der Waals surface area contributed by atoms with Gasteiger partial charge < -0.3 is 15.0 Å². The van der Waals surface area contributed by atoms with E-state index in [1.54, 1.807) is 11.3 Å². The molecule has 5 aromatic rings. The van der Waals surface area contributed by atoms with Gasteiger partial charge in [-0.2, -0.15) is 0 Å². The minimum absolute atomic E-state index is 0.0133. The highest BCUT2D eigenvalue weighted by molar-refractivity contribution is 7.18. The van der Waals surface area contributed by atoms with E-state index in [0.717, 1.165) is 38.1 Å². The van der Waals surface area contributed by atoms with E-state index in [-0.39, 0.29) is 5.91 Å². The standard InChI is InChI=1S/C23H19N7O2S/c31-23(30-7-9-32-10-8-30)15-2-1-3-16(12-15)24-22-18-6-11-33-20(18)17-5-4-14(13-19(17)25-22)21-26-28-29-27-21/h1-6,11-13H,7-10H2,(H,24,25)(H,26,27,28,29). The highest BCUT2D eigenvalue weighted by atomic mass is 32.1. The van der Waals surface area contributed by atoms with Gasteiger partial charge in [-0.3, -0.25) is 4.79 Å². The number of fused-ring (bicyclic) bond motifs is 3. The maximum absolute atomic E-state index is 12.9. The summed E-state index contributed by atoms with van der Waals surface area (Å²) >= 11 is 1.67. The van der Waals surface area contributed by atoms with Gasteiger partial charge in [-0.1, -0.05) is 18.2 Å². The fraction of sp³-hybridized carbons (Fsp3) is 0.174. The second-order valence-corrected chi connectivity index (χ2v) is 8.63. The number of tetrazole rings is 1. The highest BCUT2D eigenvalue weighted by Gasteiger charge is 2.19. The van der Waals surface area contributed by atoms with Crippen LogP contribution in [0.1, 0.15) is 10.4 Å². The number of thiophene rings is 1. The van der Waals surface area contributed by atoms with E-state index in [1.165, 1.54) is 0 Å². The maximum atomic E-state index is 12.9. The van der Waals surface area contributed by atoms with Crippen LogP contribution in [0.4, 0.5) is 11.5 Å². The number of hydrogen-bond donors (Lipinski definition) is 2. The normalized spacial score (nSPS) is 14.1. The molecule has 1 fully saturated rings. The minimum Gasteiger partial charge on any atom is -0.378 e. The average Bonchev–Trinajstić information content (AvgIpc) is 3.57. The van der Waals surface area contributed by atoms with Gasteiger partial charge in [-0.25, -0.2) is 10.1 Å². The summed E-state index contributed by atoms with van der Waals surface area (Å²) in [5.74, 6) is 1.34. The number of H-pyrrole nitrogens is 1. The summed E-state index contributed by atoms with van der Waals surface area (Å²) in [7, 11) is 0. The number of aromatic amines is 1. The number of carbonyl (C=O) groups excluding carboxylic acids is 1. The lowest BCUT2D eigenvalue weighted by atomic mass is 10.1. The van der Waals surface area contributed by atoms with Crippen LogP contribution >= 0.6 is 11.3 Å². The molecule has 164 valence electrons. The van der Waals surface area contributed by atoms with Crippen molar-refractivity contribution in [2.24, 2.45) is 0 Å². The van der Waals surface area contributed by atoms with Gasteiger partial charge in [-0.15, -0.1) is 16.4 Å². The maximum Gasteiger partial charge on any atom is 0.254 e. The first kappa shape index (κ1) is 19.8. The summed E-state index contributed by atoms with van der Waals surface area (Å²) < 4.78 is 6.51. The molecule has 0 radical (unpaired) electrons. The second kappa shape index (κ2) is 8.23. The molecule has 3 aromatic heterocycles. The van der Waals surface area contributed by atoms with E-state index < -0.39 is 0 Å². The van der Waals surface area contributed by atoms with E-state index in [1.807, 2.05) is 47.4 Å². The molecule has 0 spiro atoms. The Morgan fingerprint density at radius 2 is 2.00 bits per heavy atom. The van der Waals surface area contributed by atoms with Crippen LogP contribution in [0.3, 0.4) is 0 Å². The first-order valence-corrected chi connectivity index (χ1v) is 11.4. The molecule has 33 heavy (non-hydrogen) atoms. The summed E-state index contributed by atoms with van der Waals surface area (Å²) in [6.45, 7) is 2.38. The summed E-state index contributed by atoms with van der Waals surface area (Å²) in [4.78, 5) is 19.6. The summed E-state index contributed by atoms with van der Waals surface area (Å²) in [5, 5.41) is 21.7. The van der Waals surface area contributed by atoms with Crippen molar-refractivity contribution in [2.45, 2.75) is 0 Å². The van der Waals surface area contributed by atoms with Gasteiger partial charge in [0, 0.05) is 45.4 Å². The van der Waals surface area contributed by atoms with Gasteiger partial charge in [-0.05, 0) is 46.1 Å². The molecule has 0 bridgehead atoms. The molecule has 2 aromatic carbocycles. The molecule has 1 aliphatic rings. The van der Waals surface area contributed by atoms with Crippen molar-refractivity contribution in [1.29, 1.82) is 0 Å². The highest BCUT2D eigenvalue weighted by Crippen LogP contribution is 2.36. The molecule has 9 nitrogen and oxygen atoms in total. The molecule has 0 aliphatic carbocycles. The van der Waals surface area contributed by atoms with Gasteiger partial charge in [0.15, 0.2) is 5.82 Å². The molecule has 1 saturated heterocycles. The zero-order valence-electron chi connectivity index (χ0n) is 17.5. The number of pyridine rings is 1. The van der Waals surface area contributed by atoms with Crippen molar-refractivity contribution in [2.75, 3.05) is 31.6 Å². The van der Waals surface area contributed by atoms with E-state index in [9.17, 15) is 4.79 Å². The minimum atomic E-state index is 0.0133. The number of ether oxygens (including phenoxy) is 1. The van der Waals surface area contributed by atoms with Crippen LogP contribution in [0.5, 0.6) is 0 Å². The molecule has 0 unspecified atom stereocenters. The fourth-order valence-electron chi connectivity index (χ4n) is 4.04. The summed E-state index contributed by atoms with van der Waals surface area (Å²) in [5.41, 5.74) is 3.15. The number of hydrogen-bond acceptors (Lipinski definition) is 8. The van der Waals surface area contributed by atoms with Gasteiger partial charge >= 0.3 is 0 Å². The lowest BCUT2D eigenvalue weighted by Gasteiger charge is -2.27. The molecule has 0 saturated carbocycles. The predicted octanol–water partition coefficient (Wildman–Crippen LogP) is 3.85. The lowest BCUT2D eigenvalue weighted by molar-refractivity contribution is 0.0303. The van der Waals surface area contributed by atoms with Crippen molar-refractivity contribution >= 4 is 49.7 Å². The van der Waals surface area contributed by atoms with Crippen molar-refractivity contribution in [3.8, 4) is 11.4 Å². The average molecular weight is 458 g/mol. The number of carbonyl (C=O) groups is 1. The summed E-state index contributed by atoms with van der Waals surface area (Å²) in [6, 6.07) is 15.6. The largest absolute Gasteiger partial charge is 0.378 e. The van der Waals surface area contributed by atoms with Crippen LogP contribution in [0.25, 0.3) is 32.4 Å². The predicted molar refractivity (Wildman–Crippen MR) is 127 cm³/mol. The van der Waals surface area contributed by atoms with Crippen LogP contribution in [-0.4, -0.2) is 62.7 Å². The summed E-state index contributed by atoms with van der Waals surface area (Å²) in [6.07, 6.45) is 0. The third-order valence-corrected chi connectivity index (χ3v) is 6.63. The Morgan fingerprint density at radius 3 is 2.85 bits per heavy atom. The van der Waals surface area contributed by atoms with E-state index >= 15 is 0 Å². The smallest absolute Gasteiger partial charge is 0.254 e. The number of amides is 1. The molecular formula is C23H19N7O2S. The van der Waals surface area contributed by atoms with E-state index in [4.69, 9.17) is 9.72 Å². The van der Waals surface area contributed by atoms with Crippen molar-refractivity contribution in [3.05, 3.63) is 59.5 Å². The van der Waals surface area contributed by atoms with Crippen molar-refractivity contribution in [1.82, 2.24) is 30.5 Å². The number of nitrogens with one attached hydrogen (secondary N) is 2. The zero-order chi connectivity index (χ0) is 22.2. The lowest BCUT2D eigenvalue weighted by Crippen LogP contribution is -2.40. The third-order valence-electron chi connectivity index (χ3n) is 5.68. The molecule has 0 atom stereocenters. The first-order valence-electron chi connectivity index (χ1n) is 10.6. The Hall–Kier alpha value is -3.89. The van der Waals surface area contributed by atoms with E-state index in [2.05, 4.69) is 37.4 Å². The molecular weight excluding hydrogens is 438 g/mol. The number of anilines is 2. The molecule has 2 N–H and O–H groups in total.